The Balaban J connectivity index is 0.000000140. The van der Waals surface area contributed by atoms with E-state index in [2.05, 4.69) is 16.9 Å². The Morgan fingerprint density at radius 2 is 0.776 bits per heavy atom. The van der Waals surface area contributed by atoms with Gasteiger partial charge in [-0.3, -0.25) is 84.0 Å². The molecule has 0 saturated carbocycles. The topological polar surface area (TPSA) is 494 Å². The molecule has 7 aromatic rings. The summed E-state index contributed by atoms with van der Waals surface area (Å²) in [7, 11) is -17.5. The van der Waals surface area contributed by atoms with Crippen molar-refractivity contribution in [2.45, 2.75) is 153 Å². The quantitative estimate of drug-likeness (QED) is 0.0361. The van der Waals surface area contributed by atoms with E-state index in [0.717, 1.165) is 38.8 Å². The van der Waals surface area contributed by atoms with E-state index in [1.165, 1.54) is 39.8 Å². The van der Waals surface area contributed by atoms with Gasteiger partial charge in [-0.1, -0.05) is 79.4 Å². The van der Waals surface area contributed by atoms with E-state index in [1.54, 1.807) is 84.9 Å². The lowest BCUT2D eigenvalue weighted by molar-refractivity contribution is -0.184. The van der Waals surface area contributed by atoms with Gasteiger partial charge in [0, 0.05) is 95.0 Å². The van der Waals surface area contributed by atoms with Crippen LogP contribution < -0.4 is 57.2 Å². The van der Waals surface area contributed by atoms with E-state index in [0.29, 0.717) is 32.6 Å². The van der Waals surface area contributed by atoms with Crippen LogP contribution in [-0.4, -0.2) is 140 Å². The molecule has 8 N–H and O–H groups in total. The normalized spacial score (nSPS) is 34.3. The molecule has 0 radical (unpaired) electrons. The zero-order chi connectivity index (χ0) is 88.7. The number of benzene rings is 4. The highest BCUT2D eigenvalue weighted by Crippen LogP contribution is 2.60. The number of halogens is 4. The number of phosphoric acid groups is 4. The Bertz CT molecular complexity index is 5920. The third kappa shape index (κ3) is 19.2. The van der Waals surface area contributed by atoms with Gasteiger partial charge in [0.2, 0.25) is 23.4 Å². The summed E-state index contributed by atoms with van der Waals surface area (Å²) in [6, 6.07) is 26.1. The zero-order valence-corrected chi connectivity index (χ0v) is 64.3. The molecule has 0 aliphatic carbocycles. The molecule has 4 unspecified atom stereocenters. The second kappa shape index (κ2) is 33.3. The monoisotopic (exact) mass is 1720 g/mol. The molecular formula is C69H74F4N8O31P4. The molecule has 4 aromatic carbocycles. The molecule has 47 heteroatoms. The number of para-hydroxylation sites is 4. The minimum absolute atomic E-state index is 0.0368. The Labute approximate surface area is 659 Å². The first-order valence-electron chi connectivity index (χ1n) is 37.4. The maximum absolute atomic E-state index is 15.7. The van der Waals surface area contributed by atoms with Crippen LogP contribution in [-0.2, 0) is 105 Å². The number of aliphatic hydroxyl groups is 4. The SMILES string of the molecule is Cc1cn([C@@H]2O[C@](F)(COP3(=O)OCc4ccccc4O3)C[C@H]2O)c(=O)[nH]c1=O.[2H]C([2H])(OP1(=O)OCc2ccccc2O1)[C@]1(F)C[C@@H](O)[C@H](n2cc(C)c(=O)[nH]c2=O)O1.[2H]C([2H])(OP1(=O)OCc2ccccc2O1)[C@]1(F)C[C@@H](O)[C@]([2H])(N2C=C(C)C(=O)NC2=C)O1.[2H][C@@]1(n2cc(C)c(=O)[nH]c2=O)O[C@](F)(COP2(=O)OCc3ccccc3O2)C[C@H]1O. The Kier molecular flexibility index (Phi) is 22.1. The van der Waals surface area contributed by atoms with Crippen LogP contribution in [0.15, 0.2) is 169 Å². The van der Waals surface area contributed by atoms with Crippen LogP contribution in [0.1, 0.15) is 98.4 Å². The number of phosphoric ester groups is 4. The number of aromatic amines is 3. The van der Waals surface area contributed by atoms with Crippen molar-refractivity contribution < 1.29 is 142 Å². The number of rotatable bonds is 16. The number of fused-ring (bicyclic) bond motifs is 4. The van der Waals surface area contributed by atoms with E-state index in [1.807, 2.05) is 9.97 Å². The van der Waals surface area contributed by atoms with Crippen LogP contribution in [0.25, 0.3) is 0 Å². The molecule has 4 saturated heterocycles. The number of carbonyl (C=O) groups is 1. The third-order valence-electron chi connectivity index (χ3n) is 17.8. The number of aryl methyl sites for hydroxylation is 3. The van der Waals surface area contributed by atoms with Gasteiger partial charge in [0.05, 0.1) is 34.7 Å². The molecule has 9 aliphatic heterocycles. The average Bonchev–Trinajstić information content (AvgIpc) is 1.59. The van der Waals surface area contributed by atoms with Gasteiger partial charge in [-0.05, 0) is 52.0 Å². The standard InChI is InChI=1S/C18H20FN2O7P.3C17H18FN2O8P/c1-11-8-21(12(2)20-16(11)23)17-14(22)7-18(19,27-17)10-26-29(24)25-9-13-5-3-4-6-15(13)28-29;3*1-10-7-20(16(23)19-14(10)22)15-12(21)6-17(18,27-15)9-26-29(24)25-8-11-4-2-3-5-13(11)28-29/h3-6,8,14,17,22H,2,7,9-10H2,1H3,(H,20,23);3*2-5,7,12,15,21H,6,8-9H2,1H3,(H,19,22,23)/t14-,17-,18+,29?;3*12-,15-,17+,29?/m1111/s1/i10D2,17D;15D;9D2;. The molecule has 16 rings (SSSR count). The number of nitrogens with zero attached hydrogens (tertiary/aromatic N) is 4. The number of carbonyl (C=O) groups excluding carboxylic acids is 1. The molecule has 0 spiro atoms. The second-order valence-corrected chi connectivity index (χ2v) is 32.9. The fourth-order valence-electron chi connectivity index (χ4n) is 11.9. The van der Waals surface area contributed by atoms with Gasteiger partial charge in [0.1, 0.15) is 79.6 Å². The fraction of sp³-hybridized carbons (Fsp3) is 0.406. The smallest absolute Gasteiger partial charge is 0.404 e. The number of aliphatic hydroxyl groups excluding tert-OH is 4. The highest BCUT2D eigenvalue weighted by atomic mass is 31.2. The van der Waals surface area contributed by atoms with Crippen molar-refractivity contribution >= 4 is 37.2 Å². The Morgan fingerprint density at radius 3 is 1.19 bits per heavy atom. The lowest BCUT2D eigenvalue weighted by Crippen LogP contribution is -2.46. The van der Waals surface area contributed by atoms with Crippen molar-refractivity contribution in [3.63, 3.8) is 0 Å². The first-order chi connectivity index (χ1) is 56.9. The van der Waals surface area contributed by atoms with Crippen LogP contribution >= 0.6 is 31.3 Å². The van der Waals surface area contributed by atoms with Crippen molar-refractivity contribution in [2.75, 3.05) is 26.3 Å². The van der Waals surface area contributed by atoms with Gasteiger partial charge in [-0.2, -0.15) is 0 Å². The van der Waals surface area contributed by atoms with Crippen molar-refractivity contribution in [3.05, 3.63) is 241 Å². The zero-order valence-electron chi connectivity index (χ0n) is 66.7. The summed E-state index contributed by atoms with van der Waals surface area (Å²) in [5.41, 5.74) is -2.09. The van der Waals surface area contributed by atoms with Crippen LogP contribution in [0, 0.1) is 20.8 Å². The van der Waals surface area contributed by atoms with E-state index in [4.69, 9.17) is 81.5 Å². The number of ether oxygens (including phenoxy) is 4. The number of aromatic nitrogens is 6. The molecule has 0 bridgehead atoms. The molecular weight excluding hydrogens is 1640 g/mol. The number of amides is 1. The maximum Gasteiger partial charge on any atom is 0.530 e. The summed E-state index contributed by atoms with van der Waals surface area (Å²) in [6.07, 6.45) is -14.2. The fourth-order valence-corrected chi connectivity index (χ4v) is 16.6. The van der Waals surface area contributed by atoms with Gasteiger partial charge < -0.3 is 67.7 Å². The van der Waals surface area contributed by atoms with Crippen LogP contribution in [0.2, 0.25) is 0 Å². The van der Waals surface area contributed by atoms with Gasteiger partial charge >= 0.3 is 48.4 Å². The van der Waals surface area contributed by atoms with E-state index < -0.39 is 196 Å². The number of alkyl halides is 4. The number of hydrogen-bond donors (Lipinski definition) is 8. The predicted octanol–water partition coefficient (Wildman–Crippen LogP) is 6.87. The molecule has 1 amide bonds. The van der Waals surface area contributed by atoms with E-state index in [-0.39, 0.29) is 71.8 Å². The van der Waals surface area contributed by atoms with Gasteiger partial charge in [-0.15, -0.1) is 0 Å². The number of hydrogen-bond acceptors (Lipinski definition) is 32. The van der Waals surface area contributed by atoms with Gasteiger partial charge in [-0.25, -0.2) is 50.2 Å². The molecule has 624 valence electrons. The minimum Gasteiger partial charge on any atom is -0.404 e. The van der Waals surface area contributed by atoms with Crippen LogP contribution in [0.5, 0.6) is 23.0 Å². The summed E-state index contributed by atoms with van der Waals surface area (Å²) < 4.78 is 245. The van der Waals surface area contributed by atoms with Crippen molar-refractivity contribution in [1.82, 2.24) is 38.9 Å². The van der Waals surface area contributed by atoms with Crippen molar-refractivity contribution in [3.8, 4) is 23.0 Å². The molecule has 16 atom stereocenters. The Hall–Kier alpha value is -9.13. The lowest BCUT2D eigenvalue weighted by atomic mass is 10.1. The summed E-state index contributed by atoms with van der Waals surface area (Å²) in [4.78, 5) is 89.3. The first kappa shape index (κ1) is 76.8. The Morgan fingerprint density at radius 1 is 0.466 bits per heavy atom. The molecule has 3 aromatic heterocycles. The van der Waals surface area contributed by atoms with Gasteiger partial charge in [0.15, 0.2) is 24.9 Å². The largest absolute Gasteiger partial charge is 0.530 e. The lowest BCUT2D eigenvalue weighted by Gasteiger charge is -2.34. The maximum atomic E-state index is 15.7. The average molecular weight is 1720 g/mol. The highest BCUT2D eigenvalue weighted by molar-refractivity contribution is 7.49. The minimum atomic E-state index is -4.62. The number of nitrogens with one attached hydrogen (secondary N) is 4. The molecule has 12 heterocycles. The van der Waals surface area contributed by atoms with Crippen molar-refractivity contribution in [1.29, 1.82) is 0 Å². The highest BCUT2D eigenvalue weighted by Gasteiger charge is 2.55. The van der Waals surface area contributed by atoms with Crippen LogP contribution in [0.4, 0.5) is 17.6 Å². The van der Waals surface area contributed by atoms with Crippen molar-refractivity contribution in [2.24, 2.45) is 0 Å². The molecule has 4 fully saturated rings. The van der Waals surface area contributed by atoms with Gasteiger partial charge in [0.25, 0.3) is 22.6 Å². The molecule has 9 aliphatic rings. The summed E-state index contributed by atoms with van der Waals surface area (Å²) in [6.45, 7) is -0.167. The van der Waals surface area contributed by atoms with E-state index in [9.17, 15) is 72.2 Å². The summed E-state index contributed by atoms with van der Waals surface area (Å²) >= 11 is 0. The molecule has 116 heavy (non-hydrogen) atoms. The summed E-state index contributed by atoms with van der Waals surface area (Å²) in [5.74, 6) is -12.0. The first-order valence-corrected chi connectivity index (χ1v) is 40.3. The molecule has 39 nitrogen and oxygen atoms in total. The predicted molar refractivity (Wildman–Crippen MR) is 386 cm³/mol. The second-order valence-electron chi connectivity index (χ2n) is 26.7. The third-order valence-corrected chi connectivity index (χ3v) is 22.7. The summed E-state index contributed by atoms with van der Waals surface area (Å²) in [5, 5.41) is 43.5. The number of H-pyrrole nitrogens is 3. The van der Waals surface area contributed by atoms with Crippen LogP contribution in [0.3, 0.4) is 0 Å². The van der Waals surface area contributed by atoms with E-state index >= 15 is 17.6 Å².